The van der Waals surface area contributed by atoms with Crippen LogP contribution in [0.1, 0.15) is 13.8 Å². The van der Waals surface area contributed by atoms with Crippen LogP contribution in [0.2, 0.25) is 0 Å². The quantitative estimate of drug-likeness (QED) is 0.557. The molecule has 0 amide bonds. The molecule has 0 saturated carbocycles. The second-order valence-electron chi connectivity index (χ2n) is 1.17. The summed E-state index contributed by atoms with van der Waals surface area (Å²) >= 11 is 14.4. The van der Waals surface area contributed by atoms with Gasteiger partial charge in [0.2, 0.25) is 0 Å². The first-order valence-electron chi connectivity index (χ1n) is 3.01. The molecule has 0 aliphatic heterocycles. The first-order valence-corrected chi connectivity index (χ1v) is 4.32. The largest absolute Gasteiger partial charge is 0.466 e. The molecule has 0 rings (SSSR count). The van der Waals surface area contributed by atoms with Crippen LogP contribution in [0.25, 0.3) is 0 Å². The Morgan fingerprint density at radius 3 is 1.62 bits per heavy atom. The van der Waals surface area contributed by atoms with Gasteiger partial charge in [-0.3, -0.25) is 4.79 Å². The zero-order valence-electron chi connectivity index (χ0n) is 7.89. The lowest BCUT2D eigenvalue weighted by atomic mass is 10.8. The molecule has 4 N–H and O–H groups in total. The number of hydrogen-bond acceptors (Lipinski definition) is 4. The number of rotatable bonds is 1. The van der Waals surface area contributed by atoms with Gasteiger partial charge < -0.3 is 16.0 Å². The zero-order chi connectivity index (χ0) is 10.6. The molecule has 4 nitrogen and oxygen atoms in total. The predicted molar refractivity (Wildman–Crippen MR) is 56.8 cm³/mol. The van der Waals surface area contributed by atoms with Crippen molar-refractivity contribution in [3.63, 3.8) is 0 Å². The van der Waals surface area contributed by atoms with Gasteiger partial charge in [-0.05, 0) is 6.92 Å². The number of aliphatic hydroxyl groups excluding tert-OH is 1. The minimum absolute atomic E-state index is 0. The maximum absolute atomic E-state index is 9.82. The van der Waals surface area contributed by atoms with Crippen LogP contribution in [-0.4, -0.2) is 29.1 Å². The molecule has 0 atom stereocenters. The number of aliphatic hydroxyl groups is 1. The molecule has 7 heteroatoms. The van der Waals surface area contributed by atoms with Crippen LogP contribution < -0.4 is 6.15 Å². The van der Waals surface area contributed by atoms with E-state index in [-0.39, 0.29) is 12.1 Å². The van der Waals surface area contributed by atoms with E-state index < -0.39 is 4.30 Å². The van der Waals surface area contributed by atoms with Gasteiger partial charge >= 0.3 is 5.97 Å². The Bertz CT molecular complexity index is 90.4. The Kier molecular flexibility index (Phi) is 40.7. The SMILES string of the molecule is CCOC(C)=O.CO.ClC(Cl)Cl.N. The van der Waals surface area contributed by atoms with Crippen molar-refractivity contribution in [3.05, 3.63) is 0 Å². The molecular weight excluding hydrogens is 240 g/mol. The van der Waals surface area contributed by atoms with Gasteiger partial charge in [-0.2, -0.15) is 0 Å². The highest BCUT2D eigenvalue weighted by Crippen LogP contribution is 2.03. The lowest BCUT2D eigenvalue weighted by molar-refractivity contribution is -0.140. The molecule has 0 bridgehead atoms. The van der Waals surface area contributed by atoms with E-state index in [1.807, 2.05) is 0 Å². The lowest BCUT2D eigenvalue weighted by Crippen LogP contribution is -1.95. The fourth-order valence-corrected chi connectivity index (χ4v) is 0.203. The Hall–Kier alpha value is 0.260. The predicted octanol–water partition coefficient (Wildman–Crippen LogP) is 2.33. The van der Waals surface area contributed by atoms with Crippen LogP contribution in [0.3, 0.4) is 0 Å². The maximum Gasteiger partial charge on any atom is 0.302 e. The number of alkyl halides is 3. The van der Waals surface area contributed by atoms with Gasteiger partial charge in [-0.15, -0.1) is 0 Å². The van der Waals surface area contributed by atoms with Crippen LogP contribution in [0.15, 0.2) is 0 Å². The number of halogens is 3. The standard InChI is InChI=1S/C4H8O2.CHCl3.CH4O.H3N/c1-3-6-4(2)5;2-1(3)4;1-2;/h3H2,1-2H3;1H;2H,1H3;1H3. The fourth-order valence-electron chi connectivity index (χ4n) is 0.203. The van der Waals surface area contributed by atoms with E-state index in [4.69, 9.17) is 39.9 Å². The molecule has 0 radical (unpaired) electrons. The molecule has 0 heterocycles. The molecule has 0 unspecified atom stereocenters. The molecule has 0 aromatic heterocycles. The van der Waals surface area contributed by atoms with Crippen molar-refractivity contribution in [1.82, 2.24) is 6.15 Å². The van der Waals surface area contributed by atoms with E-state index in [0.717, 1.165) is 7.11 Å². The molecule has 0 aliphatic rings. The van der Waals surface area contributed by atoms with Gasteiger partial charge in [0.25, 0.3) is 0 Å². The van der Waals surface area contributed by atoms with Gasteiger partial charge in [0.1, 0.15) is 0 Å². The lowest BCUT2D eigenvalue weighted by Gasteiger charge is -1.89. The van der Waals surface area contributed by atoms with Crippen molar-refractivity contribution in [2.45, 2.75) is 18.1 Å². The normalized spacial score (nSPS) is 6.77. The summed E-state index contributed by atoms with van der Waals surface area (Å²) < 4.78 is 3.65. The van der Waals surface area contributed by atoms with Crippen LogP contribution >= 0.6 is 34.8 Å². The van der Waals surface area contributed by atoms with Crippen LogP contribution in [-0.2, 0) is 9.53 Å². The molecule has 0 aromatic rings. The van der Waals surface area contributed by atoms with Gasteiger partial charge in [0.05, 0.1) is 6.61 Å². The summed E-state index contributed by atoms with van der Waals surface area (Å²) in [5.41, 5.74) is 0. The summed E-state index contributed by atoms with van der Waals surface area (Å²) in [5.74, 6) is -0.211. The molecule has 0 saturated heterocycles. The second kappa shape index (κ2) is 22.8. The Labute approximate surface area is 93.7 Å². The van der Waals surface area contributed by atoms with Crippen LogP contribution in [0.5, 0.6) is 0 Å². The third kappa shape index (κ3) is 121. The van der Waals surface area contributed by atoms with Gasteiger partial charge in [0.15, 0.2) is 4.30 Å². The molecular formula is C6H16Cl3NO3. The molecule has 0 aliphatic carbocycles. The minimum atomic E-state index is -0.750. The number of hydrogen-bond donors (Lipinski definition) is 2. The van der Waals surface area contributed by atoms with E-state index in [1.54, 1.807) is 6.92 Å². The van der Waals surface area contributed by atoms with Gasteiger partial charge in [0, 0.05) is 14.0 Å². The van der Waals surface area contributed by atoms with Crippen molar-refractivity contribution in [1.29, 1.82) is 0 Å². The van der Waals surface area contributed by atoms with Crippen molar-refractivity contribution in [2.24, 2.45) is 0 Å². The number of ether oxygens (including phenoxy) is 1. The molecule has 0 fully saturated rings. The summed E-state index contributed by atoms with van der Waals surface area (Å²) in [6, 6.07) is 0. The summed E-state index contributed by atoms with van der Waals surface area (Å²) in [7, 11) is 1.00. The summed E-state index contributed by atoms with van der Waals surface area (Å²) in [5, 5.41) is 7.00. The smallest absolute Gasteiger partial charge is 0.302 e. The van der Waals surface area contributed by atoms with E-state index >= 15 is 0 Å². The third-order valence-electron chi connectivity index (χ3n) is 0.348. The summed E-state index contributed by atoms with van der Waals surface area (Å²) in [6.45, 7) is 3.65. The maximum atomic E-state index is 9.82. The Balaban J connectivity index is -0.0000000512. The first kappa shape index (κ1) is 23.2. The van der Waals surface area contributed by atoms with E-state index in [1.165, 1.54) is 6.92 Å². The zero-order valence-corrected chi connectivity index (χ0v) is 10.2. The second-order valence-corrected chi connectivity index (χ2v) is 3.15. The first-order chi connectivity index (χ1) is 5.50. The van der Waals surface area contributed by atoms with Gasteiger partial charge in [-0.25, -0.2) is 0 Å². The summed E-state index contributed by atoms with van der Waals surface area (Å²) in [4.78, 5) is 9.82. The topological polar surface area (TPSA) is 81.5 Å². The van der Waals surface area contributed by atoms with Crippen LogP contribution in [0.4, 0.5) is 0 Å². The molecule has 0 aromatic carbocycles. The highest BCUT2D eigenvalue weighted by atomic mass is 35.6. The monoisotopic (exact) mass is 255 g/mol. The highest BCUT2D eigenvalue weighted by Gasteiger charge is 1.81. The van der Waals surface area contributed by atoms with Gasteiger partial charge in [-0.1, -0.05) is 34.8 Å². The molecule has 13 heavy (non-hydrogen) atoms. The minimum Gasteiger partial charge on any atom is -0.466 e. The van der Waals surface area contributed by atoms with E-state index in [2.05, 4.69) is 4.74 Å². The average molecular weight is 257 g/mol. The van der Waals surface area contributed by atoms with Crippen molar-refractivity contribution in [2.75, 3.05) is 13.7 Å². The van der Waals surface area contributed by atoms with E-state index in [0.29, 0.717) is 6.61 Å². The van der Waals surface area contributed by atoms with Crippen molar-refractivity contribution in [3.8, 4) is 0 Å². The Morgan fingerprint density at radius 1 is 1.38 bits per heavy atom. The highest BCUT2D eigenvalue weighted by molar-refractivity contribution is 6.63. The van der Waals surface area contributed by atoms with Crippen molar-refractivity contribution < 1.29 is 14.6 Å². The molecule has 84 valence electrons. The van der Waals surface area contributed by atoms with E-state index in [9.17, 15) is 4.79 Å². The molecule has 0 spiro atoms. The fraction of sp³-hybridized carbons (Fsp3) is 0.833. The number of carbonyl (C=O) groups is 1. The average Bonchev–Trinajstić information content (AvgIpc) is 1.90. The number of esters is 1. The van der Waals surface area contributed by atoms with Crippen LogP contribution in [0, 0.1) is 0 Å². The summed E-state index contributed by atoms with van der Waals surface area (Å²) in [6.07, 6.45) is 0. The Morgan fingerprint density at radius 2 is 1.62 bits per heavy atom. The number of carbonyl (C=O) groups excluding carboxylic acids is 1. The third-order valence-corrected chi connectivity index (χ3v) is 0.348. The van der Waals surface area contributed by atoms with Crippen molar-refractivity contribution >= 4 is 40.8 Å².